The normalized spacial score (nSPS) is 19.2. The molecule has 0 bridgehead atoms. The van der Waals surface area contributed by atoms with Gasteiger partial charge in [-0.1, -0.05) is 13.8 Å². The van der Waals surface area contributed by atoms with Crippen LogP contribution >= 0.6 is 0 Å². The van der Waals surface area contributed by atoms with Crippen molar-refractivity contribution < 1.29 is 23.4 Å². The van der Waals surface area contributed by atoms with E-state index in [0.717, 1.165) is 31.4 Å². The number of anilines is 3. The molecular formula is C19H20F2N4O3. The van der Waals surface area contributed by atoms with E-state index >= 15 is 0 Å². The Morgan fingerprint density at radius 2 is 1.96 bits per heavy atom. The second kappa shape index (κ2) is 6.88. The minimum Gasteiger partial charge on any atom is -0.503 e. The Labute approximate surface area is 160 Å². The Bertz CT molecular complexity index is 910. The number of cyclic esters (lactones) is 1. The number of carbonyl (C=O) groups excluding carboxylic acids is 1. The van der Waals surface area contributed by atoms with Gasteiger partial charge in [-0.3, -0.25) is 4.90 Å². The fourth-order valence-corrected chi connectivity index (χ4v) is 3.38. The summed E-state index contributed by atoms with van der Waals surface area (Å²) in [7, 11) is 0. The smallest absolute Gasteiger partial charge is 0.416 e. The molecule has 1 aliphatic carbocycles. The minimum absolute atomic E-state index is 0.0191. The van der Waals surface area contributed by atoms with Gasteiger partial charge in [0.2, 0.25) is 5.95 Å². The van der Waals surface area contributed by atoms with Crippen molar-refractivity contribution in [2.75, 3.05) is 10.2 Å². The van der Waals surface area contributed by atoms with Gasteiger partial charge < -0.3 is 15.2 Å². The molecule has 148 valence electrons. The SMILES string of the molecule is CC(C)C1OC(=O)N(C2CCC2)c2nc(Nc3cc(F)c(O)c(F)c3)ncc21. The molecule has 9 heteroatoms. The highest BCUT2D eigenvalue weighted by Gasteiger charge is 2.41. The molecule has 1 aliphatic heterocycles. The number of hydrogen-bond acceptors (Lipinski definition) is 6. The number of ether oxygens (including phenoxy) is 1. The zero-order chi connectivity index (χ0) is 20.0. The average molecular weight is 390 g/mol. The number of rotatable bonds is 4. The van der Waals surface area contributed by atoms with Crippen LogP contribution < -0.4 is 10.2 Å². The predicted octanol–water partition coefficient (Wildman–Crippen LogP) is 4.41. The topological polar surface area (TPSA) is 87.6 Å². The highest BCUT2D eigenvalue weighted by atomic mass is 19.1. The van der Waals surface area contributed by atoms with Crippen LogP contribution in [0.4, 0.5) is 31.0 Å². The summed E-state index contributed by atoms with van der Waals surface area (Å²) in [6.07, 6.45) is 3.42. The molecule has 0 saturated heterocycles. The van der Waals surface area contributed by atoms with E-state index in [9.17, 15) is 18.7 Å². The van der Waals surface area contributed by atoms with E-state index in [0.29, 0.717) is 11.4 Å². The molecule has 2 aliphatic rings. The monoisotopic (exact) mass is 390 g/mol. The van der Waals surface area contributed by atoms with Crippen LogP contribution in [0, 0.1) is 17.6 Å². The van der Waals surface area contributed by atoms with Gasteiger partial charge in [0, 0.05) is 30.1 Å². The van der Waals surface area contributed by atoms with Crippen molar-refractivity contribution in [3.8, 4) is 5.75 Å². The Balaban J connectivity index is 1.72. The van der Waals surface area contributed by atoms with Crippen LogP contribution in [0.2, 0.25) is 0 Å². The lowest BCUT2D eigenvalue weighted by molar-refractivity contribution is 0.0649. The molecule has 1 aromatic carbocycles. The highest BCUT2D eigenvalue weighted by Crippen LogP contribution is 2.41. The molecule has 1 amide bonds. The van der Waals surface area contributed by atoms with Crippen LogP contribution in [-0.2, 0) is 4.74 Å². The van der Waals surface area contributed by atoms with E-state index in [2.05, 4.69) is 15.3 Å². The molecule has 2 N–H and O–H groups in total. The summed E-state index contributed by atoms with van der Waals surface area (Å²) in [5.41, 5.74) is 0.747. The number of aromatic nitrogens is 2. The summed E-state index contributed by atoms with van der Waals surface area (Å²) in [4.78, 5) is 22.8. The summed E-state index contributed by atoms with van der Waals surface area (Å²) >= 11 is 0. The van der Waals surface area contributed by atoms with Gasteiger partial charge in [0.15, 0.2) is 23.2 Å². The van der Waals surface area contributed by atoms with Crippen molar-refractivity contribution in [2.45, 2.75) is 45.3 Å². The summed E-state index contributed by atoms with van der Waals surface area (Å²) < 4.78 is 32.8. The second-order valence-corrected chi connectivity index (χ2v) is 7.39. The van der Waals surface area contributed by atoms with E-state index in [1.165, 1.54) is 0 Å². The minimum atomic E-state index is -1.10. The number of amides is 1. The number of hydrogen-bond donors (Lipinski definition) is 2. The third-order valence-electron chi connectivity index (χ3n) is 5.07. The molecule has 2 aromatic rings. The second-order valence-electron chi connectivity index (χ2n) is 7.39. The van der Waals surface area contributed by atoms with E-state index in [1.807, 2.05) is 13.8 Å². The number of phenolic OH excluding ortho intramolecular Hbond substituents is 1. The number of nitrogens with zero attached hydrogens (tertiary/aromatic N) is 3. The average Bonchev–Trinajstić information content (AvgIpc) is 2.60. The van der Waals surface area contributed by atoms with Crippen LogP contribution in [0.3, 0.4) is 0 Å². The van der Waals surface area contributed by atoms with Gasteiger partial charge in [0.1, 0.15) is 6.10 Å². The molecule has 1 aromatic heterocycles. The number of phenols is 1. The molecule has 0 spiro atoms. The molecule has 2 heterocycles. The fourth-order valence-electron chi connectivity index (χ4n) is 3.38. The molecule has 1 unspecified atom stereocenters. The predicted molar refractivity (Wildman–Crippen MR) is 97.5 cm³/mol. The summed E-state index contributed by atoms with van der Waals surface area (Å²) in [6, 6.07) is 1.90. The summed E-state index contributed by atoms with van der Waals surface area (Å²) in [5.74, 6) is -2.66. The van der Waals surface area contributed by atoms with Gasteiger partial charge in [-0.25, -0.2) is 18.6 Å². The Hall–Kier alpha value is -2.97. The lowest BCUT2D eigenvalue weighted by Gasteiger charge is -2.41. The van der Waals surface area contributed by atoms with Crippen molar-refractivity contribution in [3.63, 3.8) is 0 Å². The van der Waals surface area contributed by atoms with Crippen LogP contribution in [0.1, 0.15) is 44.8 Å². The molecule has 1 atom stereocenters. The first-order valence-electron chi connectivity index (χ1n) is 9.17. The zero-order valence-corrected chi connectivity index (χ0v) is 15.4. The van der Waals surface area contributed by atoms with Gasteiger partial charge in [-0.15, -0.1) is 0 Å². The lowest BCUT2D eigenvalue weighted by atomic mass is 9.90. The number of halogens is 2. The van der Waals surface area contributed by atoms with Crippen molar-refractivity contribution in [2.24, 2.45) is 5.92 Å². The maximum atomic E-state index is 13.6. The molecule has 1 saturated carbocycles. The third kappa shape index (κ3) is 3.10. The van der Waals surface area contributed by atoms with Crippen molar-refractivity contribution in [3.05, 3.63) is 35.5 Å². The van der Waals surface area contributed by atoms with Crippen LogP contribution in [0.15, 0.2) is 18.3 Å². The fraction of sp³-hybridized carbons (Fsp3) is 0.421. The maximum Gasteiger partial charge on any atom is 0.416 e. The van der Waals surface area contributed by atoms with Crippen LogP contribution in [0.5, 0.6) is 5.75 Å². The Morgan fingerprint density at radius 1 is 1.29 bits per heavy atom. The van der Waals surface area contributed by atoms with Crippen molar-refractivity contribution >= 4 is 23.5 Å². The number of aromatic hydroxyl groups is 1. The largest absolute Gasteiger partial charge is 0.503 e. The standard InChI is InChI=1S/C19H20F2N4O3/c1-9(2)16-12-8-22-18(23-10-6-13(20)15(26)14(21)7-10)24-17(12)25(19(27)28-16)11-4-3-5-11/h6-9,11,16,26H,3-5H2,1-2H3,(H,22,23,24). The first-order valence-corrected chi connectivity index (χ1v) is 9.17. The van der Waals surface area contributed by atoms with Gasteiger partial charge in [0.25, 0.3) is 0 Å². The molecule has 1 fully saturated rings. The third-order valence-corrected chi connectivity index (χ3v) is 5.07. The van der Waals surface area contributed by atoms with Gasteiger partial charge in [-0.05, 0) is 25.2 Å². The van der Waals surface area contributed by atoms with E-state index in [1.54, 1.807) is 11.1 Å². The van der Waals surface area contributed by atoms with Crippen LogP contribution in [-0.4, -0.2) is 27.2 Å². The van der Waals surface area contributed by atoms with E-state index in [-0.39, 0.29) is 23.6 Å². The van der Waals surface area contributed by atoms with Crippen LogP contribution in [0.25, 0.3) is 0 Å². The first-order chi connectivity index (χ1) is 13.3. The zero-order valence-electron chi connectivity index (χ0n) is 15.4. The molecule has 0 radical (unpaired) electrons. The lowest BCUT2D eigenvalue weighted by Crippen LogP contribution is -2.49. The number of carbonyl (C=O) groups is 1. The number of fused-ring (bicyclic) bond motifs is 1. The van der Waals surface area contributed by atoms with Crippen molar-refractivity contribution in [1.82, 2.24) is 9.97 Å². The summed E-state index contributed by atoms with van der Waals surface area (Å²) in [5, 5.41) is 12.0. The molecule has 4 rings (SSSR count). The quantitative estimate of drug-likeness (QED) is 0.752. The summed E-state index contributed by atoms with van der Waals surface area (Å²) in [6.45, 7) is 3.88. The van der Waals surface area contributed by atoms with Gasteiger partial charge in [0.05, 0.1) is 5.56 Å². The van der Waals surface area contributed by atoms with Gasteiger partial charge >= 0.3 is 6.09 Å². The highest BCUT2D eigenvalue weighted by molar-refractivity contribution is 5.90. The van der Waals surface area contributed by atoms with Gasteiger partial charge in [-0.2, -0.15) is 4.98 Å². The Morgan fingerprint density at radius 3 is 2.54 bits per heavy atom. The molecular weight excluding hydrogens is 370 g/mol. The van der Waals surface area contributed by atoms with E-state index in [4.69, 9.17) is 4.74 Å². The maximum absolute atomic E-state index is 13.6. The molecule has 28 heavy (non-hydrogen) atoms. The Kier molecular flexibility index (Phi) is 4.52. The molecule has 7 nitrogen and oxygen atoms in total. The number of benzene rings is 1. The first kappa shape index (κ1) is 18.4. The van der Waals surface area contributed by atoms with Crippen molar-refractivity contribution in [1.29, 1.82) is 0 Å². The van der Waals surface area contributed by atoms with E-state index < -0.39 is 29.6 Å². The number of nitrogens with one attached hydrogen (secondary N) is 1.